The smallest absolute Gasteiger partial charge is 0.123 e. The van der Waals surface area contributed by atoms with Gasteiger partial charge in [0.05, 0.1) is 0 Å². The molecular weight excluding hydrogens is 203 g/mol. The molecule has 1 heterocycles. The summed E-state index contributed by atoms with van der Waals surface area (Å²) in [4.78, 5) is 0. The van der Waals surface area contributed by atoms with Gasteiger partial charge in [-0.3, -0.25) is 0 Å². The van der Waals surface area contributed by atoms with Crippen molar-refractivity contribution in [2.75, 3.05) is 13.1 Å². The Balaban J connectivity index is 1.94. The van der Waals surface area contributed by atoms with Gasteiger partial charge in [0.1, 0.15) is 5.82 Å². The van der Waals surface area contributed by atoms with Crippen LogP contribution in [0.25, 0.3) is 0 Å². The van der Waals surface area contributed by atoms with E-state index >= 15 is 0 Å². The van der Waals surface area contributed by atoms with Gasteiger partial charge in [0.25, 0.3) is 0 Å². The molecule has 0 aromatic heterocycles. The van der Waals surface area contributed by atoms with Crippen molar-refractivity contribution >= 4 is 0 Å². The molecule has 0 saturated carbocycles. The predicted molar refractivity (Wildman–Crippen MR) is 63.8 cm³/mol. The van der Waals surface area contributed by atoms with E-state index in [-0.39, 0.29) is 11.9 Å². The summed E-state index contributed by atoms with van der Waals surface area (Å²) in [7, 11) is 0. The molecule has 1 aromatic carbocycles. The Morgan fingerprint density at radius 2 is 2.12 bits per heavy atom. The van der Waals surface area contributed by atoms with Gasteiger partial charge in [-0.15, -0.1) is 0 Å². The van der Waals surface area contributed by atoms with Gasteiger partial charge in [0.2, 0.25) is 0 Å². The average Bonchev–Trinajstić information content (AvgIpc) is 2.30. The van der Waals surface area contributed by atoms with Crippen LogP contribution >= 0.6 is 0 Å². The lowest BCUT2D eigenvalue weighted by Crippen LogP contribution is -2.40. The van der Waals surface area contributed by atoms with Crippen LogP contribution in [0.1, 0.15) is 31.4 Å². The molecule has 1 saturated heterocycles. The molecule has 1 fully saturated rings. The van der Waals surface area contributed by atoms with Gasteiger partial charge < -0.3 is 10.6 Å². The van der Waals surface area contributed by atoms with Crippen LogP contribution in [-0.2, 0) is 0 Å². The lowest BCUT2D eigenvalue weighted by Gasteiger charge is -2.27. The van der Waals surface area contributed by atoms with Crippen LogP contribution < -0.4 is 10.6 Å². The van der Waals surface area contributed by atoms with Crippen molar-refractivity contribution in [3.8, 4) is 0 Å². The monoisotopic (exact) mass is 222 g/mol. The molecule has 16 heavy (non-hydrogen) atoms. The summed E-state index contributed by atoms with van der Waals surface area (Å²) in [5, 5.41) is 6.89. The first-order valence-electron chi connectivity index (χ1n) is 5.98. The molecular formula is C13H19FN2. The fourth-order valence-electron chi connectivity index (χ4n) is 2.21. The highest BCUT2D eigenvalue weighted by Gasteiger charge is 2.15. The Bertz CT molecular complexity index is 334. The predicted octanol–water partition coefficient (Wildman–Crippen LogP) is 2.23. The van der Waals surface area contributed by atoms with Gasteiger partial charge in [-0.25, -0.2) is 4.39 Å². The highest BCUT2D eigenvalue weighted by Crippen LogP contribution is 2.16. The van der Waals surface area contributed by atoms with Crippen LogP contribution in [-0.4, -0.2) is 19.1 Å². The molecule has 2 N–H and O–H groups in total. The molecule has 2 nitrogen and oxygen atoms in total. The van der Waals surface area contributed by atoms with E-state index in [0.29, 0.717) is 6.04 Å². The molecule has 1 aromatic rings. The van der Waals surface area contributed by atoms with Crippen LogP contribution in [0.4, 0.5) is 4.39 Å². The Kier molecular flexibility index (Phi) is 3.91. The summed E-state index contributed by atoms with van der Waals surface area (Å²) < 4.78 is 13.1. The van der Waals surface area contributed by atoms with Crippen molar-refractivity contribution in [3.63, 3.8) is 0 Å². The zero-order valence-corrected chi connectivity index (χ0v) is 9.67. The summed E-state index contributed by atoms with van der Waals surface area (Å²) in [6.07, 6.45) is 2.30. The van der Waals surface area contributed by atoms with E-state index in [1.54, 1.807) is 12.1 Å². The van der Waals surface area contributed by atoms with Gasteiger partial charge in [-0.05, 0) is 50.6 Å². The van der Waals surface area contributed by atoms with Crippen molar-refractivity contribution in [1.82, 2.24) is 10.6 Å². The van der Waals surface area contributed by atoms with E-state index in [4.69, 9.17) is 0 Å². The molecule has 1 aliphatic rings. The van der Waals surface area contributed by atoms with Gasteiger partial charge in [0, 0.05) is 12.1 Å². The van der Waals surface area contributed by atoms with E-state index in [1.165, 1.54) is 6.07 Å². The van der Waals surface area contributed by atoms with Crippen LogP contribution in [0.15, 0.2) is 24.3 Å². The van der Waals surface area contributed by atoms with Crippen molar-refractivity contribution in [1.29, 1.82) is 0 Å². The van der Waals surface area contributed by atoms with Crippen LogP contribution in [0.3, 0.4) is 0 Å². The number of hydrogen-bond acceptors (Lipinski definition) is 2. The summed E-state index contributed by atoms with van der Waals surface area (Å²) in [5.74, 6) is -0.156. The molecule has 1 atom stereocenters. The molecule has 1 aliphatic heterocycles. The molecule has 88 valence electrons. The number of hydrogen-bond donors (Lipinski definition) is 2. The van der Waals surface area contributed by atoms with E-state index in [9.17, 15) is 4.39 Å². The van der Waals surface area contributed by atoms with Crippen LogP contribution in [0.5, 0.6) is 0 Å². The highest BCUT2D eigenvalue weighted by atomic mass is 19.1. The Hall–Kier alpha value is -0.930. The molecule has 0 spiro atoms. The van der Waals surface area contributed by atoms with Crippen LogP contribution in [0.2, 0.25) is 0 Å². The Morgan fingerprint density at radius 3 is 2.81 bits per heavy atom. The van der Waals surface area contributed by atoms with Crippen molar-refractivity contribution in [3.05, 3.63) is 35.6 Å². The topological polar surface area (TPSA) is 24.1 Å². The minimum Gasteiger partial charge on any atom is -0.317 e. The largest absolute Gasteiger partial charge is 0.317 e. The van der Waals surface area contributed by atoms with E-state index in [2.05, 4.69) is 17.6 Å². The third kappa shape index (κ3) is 3.03. The molecule has 0 amide bonds. The van der Waals surface area contributed by atoms with Crippen molar-refractivity contribution < 1.29 is 4.39 Å². The number of piperidine rings is 1. The third-order valence-corrected chi connectivity index (χ3v) is 3.17. The van der Waals surface area contributed by atoms with E-state index < -0.39 is 0 Å². The number of halogens is 1. The van der Waals surface area contributed by atoms with Gasteiger partial charge >= 0.3 is 0 Å². The fourth-order valence-corrected chi connectivity index (χ4v) is 2.21. The summed E-state index contributed by atoms with van der Waals surface area (Å²) in [6, 6.07) is 7.62. The molecule has 0 radical (unpaired) electrons. The van der Waals surface area contributed by atoms with E-state index in [0.717, 1.165) is 31.5 Å². The summed E-state index contributed by atoms with van der Waals surface area (Å²) >= 11 is 0. The SMILES string of the molecule is C[C@@H](NC1CCNCC1)c1cccc(F)c1. The van der Waals surface area contributed by atoms with Crippen molar-refractivity contribution in [2.45, 2.75) is 31.8 Å². The maximum atomic E-state index is 13.1. The van der Waals surface area contributed by atoms with Gasteiger partial charge in [-0.1, -0.05) is 12.1 Å². The maximum Gasteiger partial charge on any atom is 0.123 e. The van der Waals surface area contributed by atoms with Crippen molar-refractivity contribution in [2.24, 2.45) is 0 Å². The highest BCUT2D eigenvalue weighted by molar-refractivity contribution is 5.19. The lowest BCUT2D eigenvalue weighted by molar-refractivity contribution is 0.359. The average molecular weight is 222 g/mol. The first-order valence-corrected chi connectivity index (χ1v) is 5.98. The standard InChI is InChI=1S/C13H19FN2/c1-10(11-3-2-4-12(14)9-11)16-13-5-7-15-8-6-13/h2-4,9-10,13,15-16H,5-8H2,1H3/t10-/m1/s1. The van der Waals surface area contributed by atoms with E-state index in [1.807, 2.05) is 6.07 Å². The number of benzene rings is 1. The molecule has 0 bridgehead atoms. The third-order valence-electron chi connectivity index (χ3n) is 3.17. The maximum absolute atomic E-state index is 13.1. The fraction of sp³-hybridized carbons (Fsp3) is 0.538. The second-order valence-corrected chi connectivity index (χ2v) is 4.47. The second kappa shape index (κ2) is 5.41. The quantitative estimate of drug-likeness (QED) is 0.819. The Morgan fingerprint density at radius 1 is 1.38 bits per heavy atom. The number of nitrogens with one attached hydrogen (secondary N) is 2. The zero-order valence-electron chi connectivity index (χ0n) is 9.67. The molecule has 0 aliphatic carbocycles. The first kappa shape index (κ1) is 11.6. The van der Waals surface area contributed by atoms with Gasteiger partial charge in [-0.2, -0.15) is 0 Å². The molecule has 0 unspecified atom stereocenters. The minimum absolute atomic E-state index is 0.156. The molecule has 3 heteroatoms. The Labute approximate surface area is 96.2 Å². The number of rotatable bonds is 3. The lowest BCUT2D eigenvalue weighted by atomic mass is 10.0. The van der Waals surface area contributed by atoms with Gasteiger partial charge in [0.15, 0.2) is 0 Å². The second-order valence-electron chi connectivity index (χ2n) is 4.47. The molecule has 2 rings (SSSR count). The summed E-state index contributed by atoms with van der Waals surface area (Å²) in [5.41, 5.74) is 1.03. The normalized spacial score (nSPS) is 19.6. The van der Waals surface area contributed by atoms with Crippen LogP contribution in [0, 0.1) is 5.82 Å². The summed E-state index contributed by atoms with van der Waals surface area (Å²) in [6.45, 7) is 4.25. The first-order chi connectivity index (χ1) is 7.75. The minimum atomic E-state index is -0.156. The zero-order chi connectivity index (χ0) is 11.4.